The smallest absolute Gasteiger partial charge is 0.119 e. The Balaban J connectivity index is 2.18. The lowest BCUT2D eigenvalue weighted by Crippen LogP contribution is -2.44. The minimum atomic E-state index is 0.448. The molecule has 0 saturated carbocycles. The fraction of sp³-hybridized carbons (Fsp3) is 0.667. The number of piperidine rings is 1. The summed E-state index contributed by atoms with van der Waals surface area (Å²) in [5.74, 6) is 1.53. The average molecular weight is 290 g/mol. The summed E-state index contributed by atoms with van der Waals surface area (Å²) in [6.45, 7) is 9.42. The Hall–Kier alpha value is -1.06. The van der Waals surface area contributed by atoms with Gasteiger partial charge in [0.05, 0.1) is 6.61 Å². The first-order valence-electron chi connectivity index (χ1n) is 8.36. The van der Waals surface area contributed by atoms with Crippen LogP contribution in [0.5, 0.6) is 5.75 Å². The summed E-state index contributed by atoms with van der Waals surface area (Å²) in [7, 11) is 0. The van der Waals surface area contributed by atoms with Gasteiger partial charge in [0.15, 0.2) is 0 Å². The van der Waals surface area contributed by atoms with E-state index in [0.717, 1.165) is 25.3 Å². The molecule has 1 aliphatic rings. The molecule has 2 rings (SSSR count). The standard InChI is InChI=1S/C18H30N2O/c1-4-12-21-17-9-7-15(8-10-17)18-16(13-19)6-5-11-20(18)14(2)3/h7-10,14,16,18H,4-6,11-13,19H2,1-3H3. The van der Waals surface area contributed by atoms with E-state index in [2.05, 4.69) is 49.9 Å². The van der Waals surface area contributed by atoms with Gasteiger partial charge in [-0.15, -0.1) is 0 Å². The Kier molecular flexibility index (Phi) is 6.07. The number of nitrogens with zero attached hydrogens (tertiary/aromatic N) is 1. The van der Waals surface area contributed by atoms with Crippen LogP contribution < -0.4 is 10.5 Å². The molecule has 0 radical (unpaired) electrons. The Morgan fingerprint density at radius 1 is 1.29 bits per heavy atom. The molecule has 0 aromatic heterocycles. The topological polar surface area (TPSA) is 38.5 Å². The van der Waals surface area contributed by atoms with E-state index in [1.165, 1.54) is 24.9 Å². The average Bonchev–Trinajstić information content (AvgIpc) is 2.52. The van der Waals surface area contributed by atoms with Crippen LogP contribution in [0.3, 0.4) is 0 Å². The van der Waals surface area contributed by atoms with E-state index in [-0.39, 0.29) is 0 Å². The van der Waals surface area contributed by atoms with Gasteiger partial charge in [0, 0.05) is 12.1 Å². The van der Waals surface area contributed by atoms with E-state index in [1.54, 1.807) is 0 Å². The van der Waals surface area contributed by atoms with Gasteiger partial charge in [-0.1, -0.05) is 19.1 Å². The lowest BCUT2D eigenvalue weighted by atomic mass is 9.84. The molecule has 21 heavy (non-hydrogen) atoms. The number of hydrogen-bond acceptors (Lipinski definition) is 3. The number of rotatable bonds is 6. The number of benzene rings is 1. The van der Waals surface area contributed by atoms with Crippen molar-refractivity contribution in [2.45, 2.75) is 52.1 Å². The van der Waals surface area contributed by atoms with Crippen molar-refractivity contribution in [3.05, 3.63) is 29.8 Å². The molecule has 2 N–H and O–H groups in total. The highest BCUT2D eigenvalue weighted by molar-refractivity contribution is 5.30. The normalized spacial score (nSPS) is 23.5. The van der Waals surface area contributed by atoms with Crippen molar-refractivity contribution in [2.75, 3.05) is 19.7 Å². The first kappa shape index (κ1) is 16.3. The van der Waals surface area contributed by atoms with Crippen LogP contribution in [0.25, 0.3) is 0 Å². The molecule has 118 valence electrons. The minimum Gasteiger partial charge on any atom is -0.494 e. The predicted octanol–water partition coefficient (Wildman–Crippen LogP) is 3.60. The maximum Gasteiger partial charge on any atom is 0.119 e. The Morgan fingerprint density at radius 2 is 2.00 bits per heavy atom. The Bertz CT molecular complexity index is 416. The van der Waals surface area contributed by atoms with E-state index in [9.17, 15) is 0 Å². The Morgan fingerprint density at radius 3 is 2.57 bits per heavy atom. The second-order valence-electron chi connectivity index (χ2n) is 6.33. The maximum absolute atomic E-state index is 6.04. The zero-order chi connectivity index (χ0) is 15.2. The number of hydrogen-bond donors (Lipinski definition) is 1. The van der Waals surface area contributed by atoms with Crippen molar-refractivity contribution in [3.8, 4) is 5.75 Å². The van der Waals surface area contributed by atoms with Crippen molar-refractivity contribution in [1.29, 1.82) is 0 Å². The molecule has 0 spiro atoms. The van der Waals surface area contributed by atoms with Crippen LogP contribution in [-0.4, -0.2) is 30.6 Å². The molecular weight excluding hydrogens is 260 g/mol. The summed E-state index contributed by atoms with van der Waals surface area (Å²) in [5, 5.41) is 0. The molecule has 0 aliphatic carbocycles. The first-order valence-corrected chi connectivity index (χ1v) is 8.36. The SMILES string of the molecule is CCCOc1ccc(C2C(CN)CCCN2C(C)C)cc1. The van der Waals surface area contributed by atoms with E-state index >= 15 is 0 Å². The monoisotopic (exact) mass is 290 g/mol. The lowest BCUT2D eigenvalue weighted by Gasteiger charge is -2.43. The zero-order valence-corrected chi connectivity index (χ0v) is 13.7. The highest BCUT2D eigenvalue weighted by Crippen LogP contribution is 2.37. The van der Waals surface area contributed by atoms with Gasteiger partial charge in [-0.2, -0.15) is 0 Å². The summed E-state index contributed by atoms with van der Waals surface area (Å²) in [5.41, 5.74) is 7.42. The Labute approximate surface area is 129 Å². The quantitative estimate of drug-likeness (QED) is 0.870. The molecule has 2 unspecified atom stereocenters. The van der Waals surface area contributed by atoms with Crippen LogP contribution >= 0.6 is 0 Å². The highest BCUT2D eigenvalue weighted by atomic mass is 16.5. The van der Waals surface area contributed by atoms with Crippen molar-refractivity contribution in [2.24, 2.45) is 11.7 Å². The second-order valence-corrected chi connectivity index (χ2v) is 6.33. The third-order valence-corrected chi connectivity index (χ3v) is 4.46. The largest absolute Gasteiger partial charge is 0.494 e. The molecule has 1 fully saturated rings. The molecule has 1 aromatic rings. The van der Waals surface area contributed by atoms with E-state index in [1.807, 2.05) is 0 Å². The van der Waals surface area contributed by atoms with Crippen LogP contribution in [0.2, 0.25) is 0 Å². The number of likely N-dealkylation sites (tertiary alicyclic amines) is 1. The second kappa shape index (κ2) is 7.81. The van der Waals surface area contributed by atoms with Crippen molar-refractivity contribution in [3.63, 3.8) is 0 Å². The van der Waals surface area contributed by atoms with Crippen molar-refractivity contribution >= 4 is 0 Å². The molecule has 2 atom stereocenters. The number of nitrogens with two attached hydrogens (primary N) is 1. The van der Waals surface area contributed by atoms with Gasteiger partial charge >= 0.3 is 0 Å². The molecule has 0 bridgehead atoms. The van der Waals surface area contributed by atoms with Gasteiger partial charge in [-0.25, -0.2) is 0 Å². The van der Waals surface area contributed by atoms with Gasteiger partial charge in [-0.05, 0) is 69.8 Å². The van der Waals surface area contributed by atoms with E-state index < -0.39 is 0 Å². The summed E-state index contributed by atoms with van der Waals surface area (Å²) in [6.07, 6.45) is 3.54. The third-order valence-electron chi connectivity index (χ3n) is 4.46. The highest BCUT2D eigenvalue weighted by Gasteiger charge is 2.32. The van der Waals surface area contributed by atoms with Gasteiger partial charge < -0.3 is 10.5 Å². The van der Waals surface area contributed by atoms with Crippen molar-refractivity contribution < 1.29 is 4.74 Å². The molecule has 1 aliphatic heterocycles. The fourth-order valence-corrected chi connectivity index (χ4v) is 3.37. The third kappa shape index (κ3) is 3.98. The van der Waals surface area contributed by atoms with Crippen LogP contribution in [0.15, 0.2) is 24.3 Å². The molecule has 1 saturated heterocycles. The molecular formula is C18H30N2O. The number of ether oxygens (including phenoxy) is 1. The molecule has 1 heterocycles. The van der Waals surface area contributed by atoms with Crippen LogP contribution in [-0.2, 0) is 0 Å². The van der Waals surface area contributed by atoms with Crippen LogP contribution in [0, 0.1) is 5.92 Å². The lowest BCUT2D eigenvalue weighted by molar-refractivity contribution is 0.0665. The van der Waals surface area contributed by atoms with Gasteiger partial charge in [-0.3, -0.25) is 4.90 Å². The van der Waals surface area contributed by atoms with Gasteiger partial charge in [0.25, 0.3) is 0 Å². The van der Waals surface area contributed by atoms with Crippen LogP contribution in [0.1, 0.15) is 51.6 Å². The summed E-state index contributed by atoms with van der Waals surface area (Å²) < 4.78 is 5.69. The minimum absolute atomic E-state index is 0.448. The summed E-state index contributed by atoms with van der Waals surface area (Å²) in [4.78, 5) is 2.60. The van der Waals surface area contributed by atoms with E-state index in [0.29, 0.717) is 18.0 Å². The molecule has 0 amide bonds. The molecule has 3 heteroatoms. The maximum atomic E-state index is 6.04. The summed E-state index contributed by atoms with van der Waals surface area (Å²) in [6, 6.07) is 9.65. The fourth-order valence-electron chi connectivity index (χ4n) is 3.37. The van der Waals surface area contributed by atoms with Crippen molar-refractivity contribution in [1.82, 2.24) is 4.90 Å². The van der Waals surface area contributed by atoms with Crippen LogP contribution in [0.4, 0.5) is 0 Å². The first-order chi connectivity index (χ1) is 10.2. The molecule has 3 nitrogen and oxygen atoms in total. The van der Waals surface area contributed by atoms with E-state index in [4.69, 9.17) is 10.5 Å². The predicted molar refractivity (Wildman–Crippen MR) is 88.6 cm³/mol. The molecule has 1 aromatic carbocycles. The van der Waals surface area contributed by atoms with Gasteiger partial charge in [0.1, 0.15) is 5.75 Å². The van der Waals surface area contributed by atoms with Gasteiger partial charge in [0.2, 0.25) is 0 Å². The summed E-state index contributed by atoms with van der Waals surface area (Å²) >= 11 is 0. The zero-order valence-electron chi connectivity index (χ0n) is 13.7.